The number of hydrogen-bond donors (Lipinski definition) is 0. The van der Waals surface area contributed by atoms with Gasteiger partial charge in [-0.3, -0.25) is 0 Å². The summed E-state index contributed by atoms with van der Waals surface area (Å²) in [6.45, 7) is 7.55. The summed E-state index contributed by atoms with van der Waals surface area (Å²) < 4.78 is 6.53. The van der Waals surface area contributed by atoms with Gasteiger partial charge in [-0.05, 0) is 113 Å². The summed E-state index contributed by atoms with van der Waals surface area (Å²) in [4.78, 5) is 12.9. The maximum atomic E-state index is 12.9. The molecule has 3 heteroatoms. The van der Waals surface area contributed by atoms with E-state index >= 15 is 0 Å². The van der Waals surface area contributed by atoms with E-state index in [0.29, 0.717) is 15.3 Å². The Bertz CT molecular complexity index is 1040. The van der Waals surface area contributed by atoms with Gasteiger partial charge < -0.3 is 4.74 Å². The average Bonchev–Trinajstić information content (AvgIpc) is 3.27. The predicted octanol–water partition coefficient (Wildman–Crippen LogP) is 10.7. The number of benzene rings is 1. The van der Waals surface area contributed by atoms with Crippen molar-refractivity contribution in [3.05, 3.63) is 52.0 Å². The van der Waals surface area contributed by atoms with E-state index in [0.717, 1.165) is 48.5 Å². The number of carbonyl (C=O) groups is 1. The number of hydrogen-bond acceptors (Lipinski definition) is 2. The second-order valence-corrected chi connectivity index (χ2v) is 14.7. The van der Waals surface area contributed by atoms with Gasteiger partial charge in [-0.1, -0.05) is 101 Å². The molecule has 0 aliphatic heterocycles. The van der Waals surface area contributed by atoms with Crippen molar-refractivity contribution in [1.82, 2.24) is 0 Å². The summed E-state index contributed by atoms with van der Waals surface area (Å²) >= 11 is 3.47. The molecule has 0 amide bonds. The molecule has 0 saturated heterocycles. The van der Waals surface area contributed by atoms with Crippen LogP contribution in [0.1, 0.15) is 123 Å². The van der Waals surface area contributed by atoms with Crippen LogP contribution in [0.15, 0.2) is 46.5 Å². The molecule has 3 fully saturated rings. The lowest BCUT2D eigenvalue weighted by molar-refractivity contribution is -0.145. The number of carbonyl (C=O) groups excluding carboxylic acids is 1. The van der Waals surface area contributed by atoms with E-state index in [1.54, 1.807) is 5.57 Å². The molecule has 3 saturated carbocycles. The summed E-state index contributed by atoms with van der Waals surface area (Å²) in [5.41, 5.74) is 3.45. The molecule has 0 radical (unpaired) electrons. The largest absolute Gasteiger partial charge is 0.458 e. The van der Waals surface area contributed by atoms with Gasteiger partial charge in [-0.25, -0.2) is 4.79 Å². The molecular weight excluding hydrogens is 544 g/mol. The average molecular weight is 596 g/mol. The lowest BCUT2D eigenvalue weighted by Gasteiger charge is -2.58. The first-order valence-electron chi connectivity index (χ1n) is 16.2. The van der Waals surface area contributed by atoms with Crippen molar-refractivity contribution in [2.24, 2.45) is 34.5 Å². The van der Waals surface area contributed by atoms with E-state index in [-0.39, 0.29) is 12.1 Å². The highest BCUT2D eigenvalue weighted by atomic mass is 79.9. The van der Waals surface area contributed by atoms with Crippen LogP contribution in [0.2, 0.25) is 0 Å². The Hall–Kier alpha value is -1.35. The Morgan fingerprint density at radius 2 is 1.74 bits per heavy atom. The summed E-state index contributed by atoms with van der Waals surface area (Å²) in [6, 6.07) is 9.95. The quantitative estimate of drug-likeness (QED) is 0.116. The Morgan fingerprint density at radius 3 is 2.54 bits per heavy atom. The third kappa shape index (κ3) is 6.14. The van der Waals surface area contributed by atoms with E-state index in [4.69, 9.17) is 4.74 Å². The summed E-state index contributed by atoms with van der Waals surface area (Å²) in [5, 5.41) is 0. The van der Waals surface area contributed by atoms with Crippen LogP contribution < -0.4 is 0 Å². The SMILES string of the molecule is CCCCCCCCC1CCC2C3CC=C4CC(OC(=O)C(Br)=Cc5ccccc5)CCC4(C)C3CCC12C. The number of esters is 1. The molecule has 4 aliphatic rings. The van der Waals surface area contributed by atoms with Gasteiger partial charge in [0, 0.05) is 6.42 Å². The van der Waals surface area contributed by atoms with Crippen LogP contribution >= 0.6 is 15.9 Å². The molecule has 0 aromatic heterocycles. The van der Waals surface area contributed by atoms with E-state index in [1.165, 1.54) is 77.0 Å². The normalized spacial score (nSPS) is 35.9. The Morgan fingerprint density at radius 1 is 0.974 bits per heavy atom. The van der Waals surface area contributed by atoms with Crippen molar-refractivity contribution in [3.8, 4) is 0 Å². The van der Waals surface area contributed by atoms with Gasteiger partial charge in [0.1, 0.15) is 10.6 Å². The zero-order chi connectivity index (χ0) is 27.5. The fraction of sp³-hybridized carbons (Fsp3) is 0.694. The van der Waals surface area contributed by atoms with Gasteiger partial charge in [0.05, 0.1) is 0 Å². The first-order chi connectivity index (χ1) is 18.8. The van der Waals surface area contributed by atoms with Crippen molar-refractivity contribution in [2.45, 2.75) is 123 Å². The molecule has 39 heavy (non-hydrogen) atoms. The van der Waals surface area contributed by atoms with Crippen LogP contribution in [0.3, 0.4) is 0 Å². The topological polar surface area (TPSA) is 26.3 Å². The number of fused-ring (bicyclic) bond motifs is 5. The van der Waals surface area contributed by atoms with Gasteiger partial charge in [-0.15, -0.1) is 0 Å². The van der Waals surface area contributed by atoms with Crippen molar-refractivity contribution in [1.29, 1.82) is 0 Å². The number of unbranched alkanes of at least 4 members (excludes halogenated alkanes) is 5. The molecule has 2 nitrogen and oxygen atoms in total. The molecule has 0 heterocycles. The van der Waals surface area contributed by atoms with E-state index < -0.39 is 0 Å². The van der Waals surface area contributed by atoms with Crippen molar-refractivity contribution in [3.63, 3.8) is 0 Å². The minimum absolute atomic E-state index is 0.00728. The maximum absolute atomic E-state index is 12.9. The number of halogens is 1. The molecule has 0 spiro atoms. The maximum Gasteiger partial charge on any atom is 0.345 e. The van der Waals surface area contributed by atoms with Crippen LogP contribution in [-0.2, 0) is 9.53 Å². The third-order valence-electron chi connectivity index (χ3n) is 11.7. The lowest BCUT2D eigenvalue weighted by atomic mass is 9.47. The molecule has 0 N–H and O–H groups in total. The minimum atomic E-state index is -0.238. The Kier molecular flexibility index (Phi) is 9.47. The fourth-order valence-corrected chi connectivity index (χ4v) is 9.80. The summed E-state index contributed by atoms with van der Waals surface area (Å²) in [5.74, 6) is 3.28. The fourth-order valence-electron chi connectivity index (χ4n) is 9.44. The van der Waals surface area contributed by atoms with Gasteiger partial charge in [0.15, 0.2) is 0 Å². The van der Waals surface area contributed by atoms with Crippen LogP contribution in [-0.4, -0.2) is 12.1 Å². The van der Waals surface area contributed by atoms with E-state index in [1.807, 2.05) is 36.4 Å². The minimum Gasteiger partial charge on any atom is -0.458 e. The summed E-state index contributed by atoms with van der Waals surface area (Å²) in [6.07, 6.45) is 24.5. The second-order valence-electron chi connectivity index (χ2n) is 13.8. The van der Waals surface area contributed by atoms with Crippen molar-refractivity contribution >= 4 is 28.0 Å². The third-order valence-corrected chi connectivity index (χ3v) is 12.3. The number of allylic oxidation sites excluding steroid dienone is 1. The number of ether oxygens (including phenoxy) is 1. The molecule has 7 unspecified atom stereocenters. The zero-order valence-electron chi connectivity index (χ0n) is 24.7. The molecule has 4 aliphatic carbocycles. The van der Waals surface area contributed by atoms with Crippen molar-refractivity contribution in [2.75, 3.05) is 0 Å². The zero-order valence-corrected chi connectivity index (χ0v) is 26.3. The first-order valence-corrected chi connectivity index (χ1v) is 17.0. The molecule has 0 bridgehead atoms. The first kappa shape index (κ1) is 29.2. The smallest absolute Gasteiger partial charge is 0.345 e. The molecule has 214 valence electrons. The van der Waals surface area contributed by atoms with Gasteiger partial charge in [0.25, 0.3) is 0 Å². The van der Waals surface area contributed by atoms with Gasteiger partial charge >= 0.3 is 5.97 Å². The highest BCUT2D eigenvalue weighted by Gasteiger charge is 2.58. The van der Waals surface area contributed by atoms with Crippen LogP contribution in [0.25, 0.3) is 6.08 Å². The molecule has 7 atom stereocenters. The Labute approximate surface area is 246 Å². The van der Waals surface area contributed by atoms with Gasteiger partial charge in [-0.2, -0.15) is 0 Å². The van der Waals surface area contributed by atoms with Crippen molar-refractivity contribution < 1.29 is 9.53 Å². The monoisotopic (exact) mass is 594 g/mol. The summed E-state index contributed by atoms with van der Waals surface area (Å²) in [7, 11) is 0. The molecule has 1 aromatic rings. The van der Waals surface area contributed by atoms with E-state index in [9.17, 15) is 4.79 Å². The van der Waals surface area contributed by atoms with Crippen LogP contribution in [0.4, 0.5) is 0 Å². The Balaban J connectivity index is 1.19. The number of rotatable bonds is 10. The lowest BCUT2D eigenvalue weighted by Crippen LogP contribution is -2.50. The van der Waals surface area contributed by atoms with Gasteiger partial charge in [0.2, 0.25) is 0 Å². The standard InChI is InChI=1S/C36H51BrO2/c1-4-5-6-7-8-12-15-27-17-19-31-30-18-16-28-25-29(20-22-36(28,3)32(30)21-23-35(27,31)2)39-34(38)33(37)24-26-13-10-9-11-14-26/h9-11,13-14,16,24,27,29-32H,4-8,12,15,17-23,25H2,1-3H3. The predicted molar refractivity (Wildman–Crippen MR) is 166 cm³/mol. The highest BCUT2D eigenvalue weighted by Crippen LogP contribution is 2.66. The highest BCUT2D eigenvalue weighted by molar-refractivity contribution is 9.12. The van der Waals surface area contributed by atoms with E-state index in [2.05, 4.69) is 42.8 Å². The second kappa shape index (κ2) is 12.7. The molecular formula is C36H51BrO2. The molecule has 1 aromatic carbocycles. The van der Waals surface area contributed by atoms with Crippen LogP contribution in [0.5, 0.6) is 0 Å². The molecule has 5 rings (SSSR count). The van der Waals surface area contributed by atoms with Crippen LogP contribution in [0, 0.1) is 34.5 Å².